The second kappa shape index (κ2) is 8.38. The number of nitrogens with one attached hydrogen (secondary N) is 1. The molecule has 2 aliphatic carbocycles. The minimum Gasteiger partial charge on any atom is -0.313 e. The fourth-order valence-corrected chi connectivity index (χ4v) is 4.12. The fraction of sp³-hybridized carbons (Fsp3) is 1.00. The molecule has 0 heterocycles. The van der Waals surface area contributed by atoms with Gasteiger partial charge in [-0.15, -0.1) is 0 Å². The monoisotopic (exact) mass is 280 g/mol. The van der Waals surface area contributed by atoms with Gasteiger partial charge in [0.2, 0.25) is 0 Å². The lowest BCUT2D eigenvalue weighted by atomic mass is 9.79. The molecule has 0 bridgehead atoms. The van der Waals surface area contributed by atoms with E-state index in [2.05, 4.69) is 31.0 Å². The molecule has 0 aromatic rings. The molecule has 0 radical (unpaired) electrons. The van der Waals surface area contributed by atoms with E-state index in [4.69, 9.17) is 0 Å². The van der Waals surface area contributed by atoms with Crippen molar-refractivity contribution < 1.29 is 0 Å². The number of likely N-dealkylation sites (N-methyl/N-ethyl adjacent to an activating group) is 1. The molecule has 0 amide bonds. The fourth-order valence-electron chi connectivity index (χ4n) is 4.12. The van der Waals surface area contributed by atoms with Gasteiger partial charge >= 0.3 is 0 Å². The summed E-state index contributed by atoms with van der Waals surface area (Å²) in [5, 5.41) is 3.79. The van der Waals surface area contributed by atoms with E-state index in [0.717, 1.165) is 30.5 Å². The Balaban J connectivity index is 1.97. The van der Waals surface area contributed by atoms with Crippen molar-refractivity contribution >= 4 is 0 Å². The van der Waals surface area contributed by atoms with E-state index >= 15 is 0 Å². The van der Waals surface area contributed by atoms with Gasteiger partial charge < -0.3 is 5.32 Å². The Hall–Kier alpha value is -0.0800. The van der Waals surface area contributed by atoms with Crippen LogP contribution in [0.3, 0.4) is 0 Å². The van der Waals surface area contributed by atoms with E-state index in [1.54, 1.807) is 0 Å². The lowest BCUT2D eigenvalue weighted by Gasteiger charge is -2.43. The van der Waals surface area contributed by atoms with Crippen LogP contribution >= 0.6 is 0 Å². The van der Waals surface area contributed by atoms with Crippen LogP contribution in [0.5, 0.6) is 0 Å². The summed E-state index contributed by atoms with van der Waals surface area (Å²) >= 11 is 0. The first-order valence-corrected chi connectivity index (χ1v) is 9.25. The van der Waals surface area contributed by atoms with E-state index in [1.807, 2.05) is 0 Å². The molecule has 0 saturated heterocycles. The summed E-state index contributed by atoms with van der Waals surface area (Å²) in [6, 6.07) is 1.55. The van der Waals surface area contributed by atoms with Gasteiger partial charge in [0.15, 0.2) is 0 Å². The molecule has 2 nitrogen and oxygen atoms in total. The molecule has 2 fully saturated rings. The van der Waals surface area contributed by atoms with Crippen LogP contribution in [0.15, 0.2) is 0 Å². The Bertz CT molecular complexity index is 262. The van der Waals surface area contributed by atoms with E-state index in [0.29, 0.717) is 0 Å². The maximum Gasteiger partial charge on any atom is 0.0252 e. The zero-order chi connectivity index (χ0) is 14.4. The smallest absolute Gasteiger partial charge is 0.0252 e. The largest absolute Gasteiger partial charge is 0.313 e. The van der Waals surface area contributed by atoms with Gasteiger partial charge in [-0.25, -0.2) is 0 Å². The van der Waals surface area contributed by atoms with Crippen molar-refractivity contribution in [2.75, 3.05) is 19.6 Å². The third-order valence-electron chi connectivity index (χ3n) is 5.26. The molecular formula is C18H36N2. The van der Waals surface area contributed by atoms with Crippen LogP contribution in [-0.4, -0.2) is 36.6 Å². The van der Waals surface area contributed by atoms with Crippen LogP contribution in [0.2, 0.25) is 0 Å². The van der Waals surface area contributed by atoms with Crippen molar-refractivity contribution in [3.63, 3.8) is 0 Å². The van der Waals surface area contributed by atoms with Crippen LogP contribution in [0.4, 0.5) is 0 Å². The molecule has 20 heavy (non-hydrogen) atoms. The summed E-state index contributed by atoms with van der Waals surface area (Å²) in [5.74, 6) is 2.01. The average Bonchev–Trinajstić information content (AvgIpc) is 3.25. The average molecular weight is 281 g/mol. The Morgan fingerprint density at radius 1 is 0.950 bits per heavy atom. The summed E-state index contributed by atoms with van der Waals surface area (Å²) in [5.41, 5.74) is 0. The van der Waals surface area contributed by atoms with Crippen LogP contribution in [-0.2, 0) is 0 Å². The van der Waals surface area contributed by atoms with Gasteiger partial charge in [0, 0.05) is 18.6 Å². The molecule has 2 saturated carbocycles. The molecule has 3 unspecified atom stereocenters. The third kappa shape index (κ3) is 4.73. The van der Waals surface area contributed by atoms with Crippen molar-refractivity contribution in [1.82, 2.24) is 10.2 Å². The molecule has 0 spiro atoms. The zero-order valence-electron chi connectivity index (χ0n) is 14.0. The van der Waals surface area contributed by atoms with Gasteiger partial charge in [0.1, 0.15) is 0 Å². The van der Waals surface area contributed by atoms with Crippen LogP contribution in [0.25, 0.3) is 0 Å². The Morgan fingerprint density at radius 2 is 1.70 bits per heavy atom. The first kappa shape index (κ1) is 16.3. The highest BCUT2D eigenvalue weighted by Crippen LogP contribution is 2.35. The Labute approximate surface area is 126 Å². The van der Waals surface area contributed by atoms with E-state index in [-0.39, 0.29) is 0 Å². The van der Waals surface area contributed by atoms with Crippen molar-refractivity contribution in [1.29, 1.82) is 0 Å². The minimum absolute atomic E-state index is 0.749. The SMILES string of the molecule is CCCC1CCC(NCC)C(N(CCC)CC2CC2)C1. The van der Waals surface area contributed by atoms with Crippen LogP contribution < -0.4 is 5.32 Å². The molecule has 2 aliphatic rings. The number of hydrogen-bond acceptors (Lipinski definition) is 2. The predicted octanol–water partition coefficient (Wildman–Crippen LogP) is 4.06. The summed E-state index contributed by atoms with van der Waals surface area (Å²) in [6.45, 7) is 10.8. The van der Waals surface area contributed by atoms with E-state index < -0.39 is 0 Å². The molecule has 118 valence electrons. The van der Waals surface area contributed by atoms with Gasteiger partial charge in [0.25, 0.3) is 0 Å². The Kier molecular flexibility index (Phi) is 6.83. The van der Waals surface area contributed by atoms with Gasteiger partial charge in [-0.1, -0.05) is 33.6 Å². The number of nitrogens with zero attached hydrogens (tertiary/aromatic N) is 1. The Morgan fingerprint density at radius 3 is 2.30 bits per heavy atom. The molecule has 1 N–H and O–H groups in total. The highest BCUT2D eigenvalue weighted by molar-refractivity contribution is 4.92. The molecule has 0 aliphatic heterocycles. The molecule has 2 heteroatoms. The zero-order valence-corrected chi connectivity index (χ0v) is 14.0. The first-order chi connectivity index (χ1) is 9.78. The van der Waals surface area contributed by atoms with E-state index in [1.165, 1.54) is 64.5 Å². The maximum atomic E-state index is 3.79. The molecule has 3 atom stereocenters. The summed E-state index contributed by atoms with van der Waals surface area (Å²) < 4.78 is 0. The predicted molar refractivity (Wildman–Crippen MR) is 88.1 cm³/mol. The van der Waals surface area contributed by atoms with Crippen molar-refractivity contribution in [2.24, 2.45) is 11.8 Å². The molecule has 0 aromatic heterocycles. The van der Waals surface area contributed by atoms with Gasteiger partial charge in [-0.3, -0.25) is 4.90 Å². The number of hydrogen-bond donors (Lipinski definition) is 1. The van der Waals surface area contributed by atoms with Crippen LogP contribution in [0, 0.1) is 11.8 Å². The van der Waals surface area contributed by atoms with Gasteiger partial charge in [0.05, 0.1) is 0 Å². The summed E-state index contributed by atoms with van der Waals surface area (Å²) in [4.78, 5) is 2.85. The van der Waals surface area contributed by atoms with Crippen molar-refractivity contribution in [3.05, 3.63) is 0 Å². The highest BCUT2D eigenvalue weighted by Gasteiger charge is 2.35. The van der Waals surface area contributed by atoms with Gasteiger partial charge in [-0.05, 0) is 63.5 Å². The quantitative estimate of drug-likeness (QED) is 0.685. The van der Waals surface area contributed by atoms with Gasteiger partial charge in [-0.2, -0.15) is 0 Å². The third-order valence-corrected chi connectivity index (χ3v) is 5.26. The first-order valence-electron chi connectivity index (χ1n) is 9.25. The van der Waals surface area contributed by atoms with Crippen LogP contribution in [0.1, 0.15) is 72.1 Å². The van der Waals surface area contributed by atoms with Crippen molar-refractivity contribution in [2.45, 2.75) is 84.2 Å². The highest BCUT2D eigenvalue weighted by atomic mass is 15.2. The maximum absolute atomic E-state index is 3.79. The molecule has 0 aromatic carbocycles. The minimum atomic E-state index is 0.749. The number of rotatable bonds is 9. The molecular weight excluding hydrogens is 244 g/mol. The summed E-state index contributed by atoms with van der Waals surface area (Å²) in [6.07, 6.45) is 11.4. The second-order valence-electron chi connectivity index (χ2n) is 7.14. The molecule has 2 rings (SSSR count). The standard InChI is InChI=1S/C18H36N2/c1-4-7-15-10-11-17(19-6-3)18(13-15)20(12-5-2)14-16-8-9-16/h15-19H,4-14H2,1-3H3. The summed E-state index contributed by atoms with van der Waals surface area (Å²) in [7, 11) is 0. The normalized spacial score (nSPS) is 30.9. The lowest BCUT2D eigenvalue weighted by Crippen LogP contribution is -2.54. The second-order valence-corrected chi connectivity index (χ2v) is 7.14. The van der Waals surface area contributed by atoms with Crippen molar-refractivity contribution in [3.8, 4) is 0 Å². The van der Waals surface area contributed by atoms with E-state index in [9.17, 15) is 0 Å². The topological polar surface area (TPSA) is 15.3 Å². The lowest BCUT2D eigenvalue weighted by molar-refractivity contribution is 0.0900.